The molecule has 1 aliphatic heterocycles. The Labute approximate surface area is 135 Å². The molecule has 1 fully saturated rings. The van der Waals surface area contributed by atoms with Crippen molar-refractivity contribution in [3.8, 4) is 5.75 Å². The van der Waals surface area contributed by atoms with Gasteiger partial charge in [0.25, 0.3) is 0 Å². The van der Waals surface area contributed by atoms with Crippen molar-refractivity contribution < 1.29 is 17.7 Å². The zero-order chi connectivity index (χ0) is 16.6. The van der Waals surface area contributed by atoms with Crippen LogP contribution in [0.25, 0.3) is 0 Å². The van der Waals surface area contributed by atoms with Gasteiger partial charge in [-0.1, -0.05) is 11.2 Å². The van der Waals surface area contributed by atoms with Crippen molar-refractivity contribution in [3.63, 3.8) is 0 Å². The first-order valence-electron chi connectivity index (χ1n) is 7.40. The molecule has 1 atom stereocenters. The van der Waals surface area contributed by atoms with Gasteiger partial charge in [0.1, 0.15) is 16.7 Å². The summed E-state index contributed by atoms with van der Waals surface area (Å²) in [6, 6.07) is 4.69. The number of benzene rings is 1. The second-order valence-electron chi connectivity index (χ2n) is 5.61. The number of methoxy groups -OCH3 is 1. The van der Waals surface area contributed by atoms with Crippen LogP contribution in [-0.4, -0.2) is 36.5 Å². The van der Waals surface area contributed by atoms with E-state index in [1.165, 1.54) is 11.4 Å². The Bertz CT molecular complexity index is 816. The molecule has 1 saturated heterocycles. The molecule has 1 aromatic heterocycles. The van der Waals surface area contributed by atoms with Crippen LogP contribution in [0.1, 0.15) is 36.2 Å². The Morgan fingerprint density at radius 2 is 2.13 bits per heavy atom. The summed E-state index contributed by atoms with van der Waals surface area (Å²) >= 11 is 0. The van der Waals surface area contributed by atoms with Gasteiger partial charge in [0.05, 0.1) is 7.11 Å². The van der Waals surface area contributed by atoms with E-state index in [0.717, 1.165) is 12.0 Å². The van der Waals surface area contributed by atoms with Gasteiger partial charge in [-0.3, -0.25) is 0 Å². The van der Waals surface area contributed by atoms with Gasteiger partial charge < -0.3 is 9.26 Å². The van der Waals surface area contributed by atoms with E-state index in [4.69, 9.17) is 9.26 Å². The fourth-order valence-electron chi connectivity index (χ4n) is 2.83. The van der Waals surface area contributed by atoms with Crippen LogP contribution in [0.4, 0.5) is 0 Å². The van der Waals surface area contributed by atoms with Crippen molar-refractivity contribution in [2.45, 2.75) is 37.6 Å². The molecule has 2 aromatic rings. The summed E-state index contributed by atoms with van der Waals surface area (Å²) < 4.78 is 38.1. The van der Waals surface area contributed by atoms with Crippen molar-refractivity contribution in [3.05, 3.63) is 35.5 Å². The number of nitrogens with zero attached hydrogens (tertiary/aromatic N) is 3. The van der Waals surface area contributed by atoms with E-state index >= 15 is 0 Å². The molecular formula is C15H19N3O4S. The minimum Gasteiger partial charge on any atom is -0.495 e. The zero-order valence-electron chi connectivity index (χ0n) is 13.3. The first kappa shape index (κ1) is 15.9. The van der Waals surface area contributed by atoms with Gasteiger partial charge in [-0.25, -0.2) is 8.42 Å². The molecule has 0 radical (unpaired) electrons. The van der Waals surface area contributed by atoms with E-state index in [0.29, 0.717) is 30.4 Å². The topological polar surface area (TPSA) is 85.5 Å². The average Bonchev–Trinajstić information content (AvgIpc) is 3.15. The van der Waals surface area contributed by atoms with Crippen LogP contribution < -0.4 is 4.74 Å². The maximum absolute atomic E-state index is 13.1. The largest absolute Gasteiger partial charge is 0.495 e. The van der Waals surface area contributed by atoms with Crippen molar-refractivity contribution >= 4 is 10.0 Å². The summed E-state index contributed by atoms with van der Waals surface area (Å²) in [5.74, 6) is 1.18. The first-order valence-corrected chi connectivity index (χ1v) is 8.84. The first-order chi connectivity index (χ1) is 10.9. The SMILES string of the molecule is COc1ccc(C)cc1S(=O)(=O)N1CCCC1c1nc(C)no1. The molecule has 0 saturated carbocycles. The van der Waals surface area contributed by atoms with E-state index in [2.05, 4.69) is 10.1 Å². The van der Waals surface area contributed by atoms with Crippen LogP contribution >= 0.6 is 0 Å². The number of aryl methyl sites for hydroxylation is 2. The number of hydrogen-bond acceptors (Lipinski definition) is 6. The van der Waals surface area contributed by atoms with Crippen LogP contribution in [0.5, 0.6) is 5.75 Å². The lowest BCUT2D eigenvalue weighted by Crippen LogP contribution is -2.31. The van der Waals surface area contributed by atoms with E-state index in [1.807, 2.05) is 13.0 Å². The molecule has 0 bridgehead atoms. The highest BCUT2D eigenvalue weighted by Gasteiger charge is 2.40. The third kappa shape index (κ3) is 2.84. The molecule has 23 heavy (non-hydrogen) atoms. The Morgan fingerprint density at radius 3 is 2.78 bits per heavy atom. The van der Waals surface area contributed by atoms with E-state index in [-0.39, 0.29) is 4.90 Å². The lowest BCUT2D eigenvalue weighted by Gasteiger charge is -2.22. The minimum absolute atomic E-state index is 0.170. The molecule has 1 unspecified atom stereocenters. The second-order valence-corrected chi connectivity index (χ2v) is 7.47. The minimum atomic E-state index is -3.71. The van der Waals surface area contributed by atoms with Crippen molar-refractivity contribution in [2.75, 3.05) is 13.7 Å². The van der Waals surface area contributed by atoms with Crippen LogP contribution in [-0.2, 0) is 10.0 Å². The van der Waals surface area contributed by atoms with Gasteiger partial charge in [-0.05, 0) is 44.4 Å². The Hall–Kier alpha value is -1.93. The maximum atomic E-state index is 13.1. The monoisotopic (exact) mass is 337 g/mol. The summed E-state index contributed by atoms with van der Waals surface area (Å²) in [6.07, 6.45) is 1.41. The quantitative estimate of drug-likeness (QED) is 0.850. The number of hydrogen-bond donors (Lipinski definition) is 0. The molecule has 1 aliphatic rings. The fourth-order valence-corrected chi connectivity index (χ4v) is 4.73. The molecule has 124 valence electrons. The maximum Gasteiger partial charge on any atom is 0.247 e. The van der Waals surface area contributed by atoms with E-state index in [9.17, 15) is 8.42 Å². The summed E-state index contributed by atoms with van der Waals surface area (Å²) in [4.78, 5) is 4.36. The number of aromatic nitrogens is 2. The van der Waals surface area contributed by atoms with Gasteiger partial charge in [0.2, 0.25) is 15.9 Å². The highest BCUT2D eigenvalue weighted by molar-refractivity contribution is 7.89. The standard InChI is InChI=1S/C15H19N3O4S/c1-10-6-7-13(21-3)14(9-10)23(19,20)18-8-4-5-12(18)15-16-11(2)17-22-15/h6-7,9,12H,4-5,8H2,1-3H3. The Balaban J connectivity index is 2.03. The molecular weight excluding hydrogens is 318 g/mol. The van der Waals surface area contributed by atoms with Crippen molar-refractivity contribution in [2.24, 2.45) is 0 Å². The predicted molar refractivity (Wildman–Crippen MR) is 82.6 cm³/mol. The summed E-state index contributed by atoms with van der Waals surface area (Å²) in [6.45, 7) is 3.98. The molecule has 8 heteroatoms. The molecule has 0 N–H and O–H groups in total. The molecule has 0 spiro atoms. The number of ether oxygens (including phenoxy) is 1. The highest BCUT2D eigenvalue weighted by atomic mass is 32.2. The Kier molecular flexibility index (Phi) is 4.11. The van der Waals surface area contributed by atoms with Crippen LogP contribution in [0.3, 0.4) is 0 Å². The molecule has 2 heterocycles. The third-order valence-electron chi connectivity index (χ3n) is 3.94. The molecule has 0 aliphatic carbocycles. The van der Waals surface area contributed by atoms with Crippen LogP contribution in [0.15, 0.2) is 27.6 Å². The second kappa shape index (κ2) is 5.93. The van der Waals surface area contributed by atoms with Gasteiger partial charge >= 0.3 is 0 Å². The van der Waals surface area contributed by atoms with Gasteiger partial charge in [-0.15, -0.1) is 0 Å². The summed E-state index contributed by atoms with van der Waals surface area (Å²) in [7, 11) is -2.25. The predicted octanol–water partition coefficient (Wildman–Crippen LogP) is 2.22. The van der Waals surface area contributed by atoms with Crippen molar-refractivity contribution in [1.29, 1.82) is 0 Å². The Morgan fingerprint density at radius 1 is 1.35 bits per heavy atom. The average molecular weight is 337 g/mol. The fraction of sp³-hybridized carbons (Fsp3) is 0.467. The van der Waals surface area contributed by atoms with Gasteiger partial charge in [0, 0.05) is 6.54 Å². The third-order valence-corrected chi connectivity index (χ3v) is 5.87. The number of sulfonamides is 1. The molecule has 7 nitrogen and oxygen atoms in total. The van der Waals surface area contributed by atoms with Crippen LogP contribution in [0.2, 0.25) is 0 Å². The smallest absolute Gasteiger partial charge is 0.247 e. The summed E-state index contributed by atoms with van der Waals surface area (Å²) in [5, 5.41) is 3.77. The summed E-state index contributed by atoms with van der Waals surface area (Å²) in [5.41, 5.74) is 0.855. The lowest BCUT2D eigenvalue weighted by molar-refractivity contribution is 0.288. The van der Waals surface area contributed by atoms with Crippen LogP contribution in [0, 0.1) is 13.8 Å². The van der Waals surface area contributed by atoms with Crippen molar-refractivity contribution in [1.82, 2.24) is 14.4 Å². The lowest BCUT2D eigenvalue weighted by atomic mass is 10.2. The zero-order valence-corrected chi connectivity index (χ0v) is 14.1. The van der Waals surface area contributed by atoms with Gasteiger partial charge in [-0.2, -0.15) is 9.29 Å². The van der Waals surface area contributed by atoms with E-state index in [1.54, 1.807) is 19.1 Å². The molecule has 0 amide bonds. The van der Waals surface area contributed by atoms with Gasteiger partial charge in [0.15, 0.2) is 5.82 Å². The molecule has 1 aromatic carbocycles. The highest BCUT2D eigenvalue weighted by Crippen LogP contribution is 2.38. The normalized spacial score (nSPS) is 19.2. The van der Waals surface area contributed by atoms with E-state index < -0.39 is 16.1 Å². The molecule has 3 rings (SSSR count). The number of rotatable bonds is 4.